The molecule has 0 unspecified atom stereocenters. The summed E-state index contributed by atoms with van der Waals surface area (Å²) < 4.78 is 13.1. The number of rotatable bonds is 4. The van der Waals surface area contributed by atoms with Crippen molar-refractivity contribution >= 4 is 23.5 Å². The van der Waals surface area contributed by atoms with Crippen molar-refractivity contribution in [2.24, 2.45) is 7.05 Å². The zero-order valence-corrected chi connectivity index (χ0v) is 18.7. The Morgan fingerprint density at radius 3 is 2.62 bits per heavy atom. The maximum atomic E-state index is 13.1. The molecule has 8 heteroatoms. The van der Waals surface area contributed by atoms with E-state index in [0.717, 1.165) is 11.1 Å². The molecule has 2 aliphatic rings. The number of aromatic nitrogens is 2. The zero-order valence-electron chi connectivity index (χ0n) is 17.9. The fourth-order valence-corrected chi connectivity index (χ4v) is 4.98. The average Bonchev–Trinajstić information content (AvgIpc) is 2.80. The van der Waals surface area contributed by atoms with Gasteiger partial charge in [-0.25, -0.2) is 0 Å². The summed E-state index contributed by atoms with van der Waals surface area (Å²) >= 11 is 1.47. The molecule has 0 aliphatic carbocycles. The first kappa shape index (κ1) is 20.6. The molecule has 3 heterocycles. The minimum absolute atomic E-state index is 0.131. The van der Waals surface area contributed by atoms with Gasteiger partial charge in [0.1, 0.15) is 19.0 Å². The lowest BCUT2D eigenvalue weighted by molar-refractivity contribution is -0.116. The van der Waals surface area contributed by atoms with Crippen LogP contribution >= 0.6 is 11.8 Å². The second-order valence-corrected chi connectivity index (χ2v) is 8.95. The topological polar surface area (TPSA) is 82.5 Å². The summed E-state index contributed by atoms with van der Waals surface area (Å²) in [6, 6.07) is 13.8. The molecule has 1 amide bonds. The molecule has 0 bridgehead atoms. The highest BCUT2D eigenvalue weighted by Gasteiger charge is 2.32. The SMILES string of the molecule is Cc1ccc(CSc2nc(=O)c3c(n2C)NC(=O)C[C@H]3c2ccc3c(c2)OCCO3)cc1. The van der Waals surface area contributed by atoms with Crippen molar-refractivity contribution in [2.45, 2.75) is 30.2 Å². The number of hydrogen-bond acceptors (Lipinski definition) is 6. The second kappa shape index (κ2) is 8.35. The molecule has 0 spiro atoms. The van der Waals surface area contributed by atoms with Crippen LogP contribution in [0.1, 0.15) is 34.6 Å². The summed E-state index contributed by atoms with van der Waals surface area (Å²) in [6.45, 7) is 3.03. The van der Waals surface area contributed by atoms with Crippen LogP contribution in [0.15, 0.2) is 52.4 Å². The molecule has 1 N–H and O–H groups in total. The second-order valence-electron chi connectivity index (χ2n) is 8.00. The van der Waals surface area contributed by atoms with Gasteiger partial charge < -0.3 is 19.4 Å². The number of anilines is 1. The minimum Gasteiger partial charge on any atom is -0.486 e. The zero-order chi connectivity index (χ0) is 22.2. The van der Waals surface area contributed by atoms with Gasteiger partial charge in [-0.2, -0.15) is 4.98 Å². The number of nitrogens with one attached hydrogen (secondary N) is 1. The van der Waals surface area contributed by atoms with E-state index in [1.807, 2.05) is 32.2 Å². The minimum atomic E-state index is -0.392. The molecule has 0 radical (unpaired) electrons. The first-order valence-corrected chi connectivity index (χ1v) is 11.5. The molecule has 164 valence electrons. The fourth-order valence-electron chi connectivity index (χ4n) is 4.06. The van der Waals surface area contributed by atoms with E-state index in [4.69, 9.17) is 9.47 Å². The monoisotopic (exact) mass is 449 g/mol. The van der Waals surface area contributed by atoms with Gasteiger partial charge in [-0.1, -0.05) is 47.7 Å². The Morgan fingerprint density at radius 2 is 1.84 bits per heavy atom. The third-order valence-corrected chi connectivity index (χ3v) is 6.86. The van der Waals surface area contributed by atoms with Gasteiger partial charge in [0, 0.05) is 25.1 Å². The number of ether oxygens (including phenoxy) is 2. The molecule has 5 rings (SSSR count). The number of nitrogens with zero attached hydrogens (tertiary/aromatic N) is 2. The molecular formula is C24H23N3O4S. The van der Waals surface area contributed by atoms with E-state index in [2.05, 4.69) is 34.6 Å². The summed E-state index contributed by atoms with van der Waals surface area (Å²) in [6.07, 6.45) is 0.180. The Morgan fingerprint density at radius 1 is 1.09 bits per heavy atom. The molecule has 0 saturated heterocycles. The lowest BCUT2D eigenvalue weighted by Gasteiger charge is -2.28. The average molecular weight is 450 g/mol. The largest absolute Gasteiger partial charge is 0.486 e. The normalized spacial score (nSPS) is 16.9. The standard InChI is InChI=1S/C24H23N3O4S/c1-14-3-5-15(6-4-14)13-32-24-26-23(29)21-17(12-20(28)25-22(21)27(24)2)16-7-8-18-19(11-16)31-10-9-30-18/h3-8,11,17H,9-10,12-13H2,1-2H3,(H,25,28)/t17-/m0/s1. The van der Waals surface area contributed by atoms with Crippen LogP contribution in [-0.4, -0.2) is 28.7 Å². The number of carbonyl (C=O) groups is 1. The molecule has 2 aliphatic heterocycles. The number of carbonyl (C=O) groups excluding carboxylic acids is 1. The van der Waals surface area contributed by atoms with Crippen LogP contribution in [0.5, 0.6) is 11.5 Å². The molecule has 32 heavy (non-hydrogen) atoms. The van der Waals surface area contributed by atoms with Crippen molar-refractivity contribution < 1.29 is 14.3 Å². The van der Waals surface area contributed by atoms with Gasteiger partial charge in [-0.15, -0.1) is 0 Å². The maximum Gasteiger partial charge on any atom is 0.279 e. The predicted octanol–water partition coefficient (Wildman–Crippen LogP) is 3.63. The fraction of sp³-hybridized carbons (Fsp3) is 0.292. The lowest BCUT2D eigenvalue weighted by Crippen LogP contribution is -2.33. The quantitative estimate of drug-likeness (QED) is 0.484. The van der Waals surface area contributed by atoms with Gasteiger partial charge >= 0.3 is 0 Å². The highest BCUT2D eigenvalue weighted by atomic mass is 32.2. The smallest absolute Gasteiger partial charge is 0.279 e. The van der Waals surface area contributed by atoms with E-state index >= 15 is 0 Å². The van der Waals surface area contributed by atoms with Crippen LogP contribution in [0, 0.1) is 6.92 Å². The van der Waals surface area contributed by atoms with E-state index in [1.54, 1.807) is 4.57 Å². The van der Waals surface area contributed by atoms with Crippen LogP contribution < -0.4 is 20.3 Å². The molecule has 0 saturated carbocycles. The van der Waals surface area contributed by atoms with Crippen molar-refractivity contribution in [2.75, 3.05) is 18.5 Å². The number of benzene rings is 2. The van der Waals surface area contributed by atoms with Crippen molar-refractivity contribution in [3.05, 3.63) is 75.1 Å². The number of fused-ring (bicyclic) bond motifs is 2. The van der Waals surface area contributed by atoms with E-state index in [-0.39, 0.29) is 17.9 Å². The van der Waals surface area contributed by atoms with Gasteiger partial charge in [-0.05, 0) is 30.2 Å². The summed E-state index contributed by atoms with van der Waals surface area (Å²) in [7, 11) is 1.83. The van der Waals surface area contributed by atoms with Gasteiger partial charge in [0.25, 0.3) is 5.56 Å². The predicted molar refractivity (Wildman–Crippen MR) is 123 cm³/mol. The van der Waals surface area contributed by atoms with Gasteiger partial charge in [0.15, 0.2) is 16.7 Å². The van der Waals surface area contributed by atoms with Gasteiger partial charge in [0.05, 0.1) is 5.56 Å². The third kappa shape index (κ3) is 3.86. The Labute approximate surface area is 189 Å². The molecule has 7 nitrogen and oxygen atoms in total. The Kier molecular flexibility index (Phi) is 5.38. The van der Waals surface area contributed by atoms with Crippen LogP contribution in [0.3, 0.4) is 0 Å². The van der Waals surface area contributed by atoms with Crippen molar-refractivity contribution in [3.8, 4) is 11.5 Å². The third-order valence-electron chi connectivity index (χ3n) is 5.76. The molecule has 1 atom stereocenters. The number of aryl methyl sites for hydroxylation is 1. The molecule has 0 fully saturated rings. The van der Waals surface area contributed by atoms with Crippen LogP contribution in [0.2, 0.25) is 0 Å². The van der Waals surface area contributed by atoms with Gasteiger partial charge in [0.2, 0.25) is 5.91 Å². The number of hydrogen-bond donors (Lipinski definition) is 1. The summed E-state index contributed by atoms with van der Waals surface area (Å²) in [5, 5.41) is 3.46. The summed E-state index contributed by atoms with van der Waals surface area (Å²) in [4.78, 5) is 30.1. The highest BCUT2D eigenvalue weighted by Crippen LogP contribution is 2.40. The Hall–Kier alpha value is -3.26. The molecule has 3 aromatic rings. The molecular weight excluding hydrogens is 426 g/mol. The first-order valence-electron chi connectivity index (χ1n) is 10.5. The first-order chi connectivity index (χ1) is 15.5. The Balaban J connectivity index is 1.50. The van der Waals surface area contributed by atoms with Crippen LogP contribution in [-0.2, 0) is 17.6 Å². The Bertz CT molecular complexity index is 1250. The number of amides is 1. The van der Waals surface area contributed by atoms with E-state index < -0.39 is 5.92 Å². The van der Waals surface area contributed by atoms with E-state index in [9.17, 15) is 9.59 Å². The molecule has 1 aromatic heterocycles. The van der Waals surface area contributed by atoms with Crippen LogP contribution in [0.4, 0.5) is 5.82 Å². The van der Waals surface area contributed by atoms with Crippen molar-refractivity contribution in [3.63, 3.8) is 0 Å². The van der Waals surface area contributed by atoms with E-state index in [1.165, 1.54) is 17.3 Å². The number of thioether (sulfide) groups is 1. The lowest BCUT2D eigenvalue weighted by atomic mass is 9.86. The summed E-state index contributed by atoms with van der Waals surface area (Å²) in [5.41, 5.74) is 3.37. The van der Waals surface area contributed by atoms with Crippen molar-refractivity contribution in [1.29, 1.82) is 0 Å². The molecule has 2 aromatic carbocycles. The summed E-state index contributed by atoms with van der Waals surface area (Å²) in [5.74, 6) is 1.97. The van der Waals surface area contributed by atoms with Crippen molar-refractivity contribution in [1.82, 2.24) is 9.55 Å². The van der Waals surface area contributed by atoms with Gasteiger partial charge in [-0.3, -0.25) is 9.59 Å². The maximum absolute atomic E-state index is 13.1. The van der Waals surface area contributed by atoms with E-state index in [0.29, 0.717) is 47.0 Å². The highest BCUT2D eigenvalue weighted by molar-refractivity contribution is 7.98. The van der Waals surface area contributed by atoms with Crippen LogP contribution in [0.25, 0.3) is 0 Å².